The molecule has 0 aliphatic rings. The number of furan rings is 1. The van der Waals surface area contributed by atoms with Crippen LogP contribution in [0.1, 0.15) is 35.3 Å². The Hall–Kier alpha value is -1.99. The van der Waals surface area contributed by atoms with Crippen LogP contribution in [0, 0.1) is 13.8 Å². The van der Waals surface area contributed by atoms with Crippen LogP contribution < -0.4 is 5.32 Å². The summed E-state index contributed by atoms with van der Waals surface area (Å²) in [6, 6.07) is 3.57. The van der Waals surface area contributed by atoms with Gasteiger partial charge in [0.1, 0.15) is 5.01 Å². The number of nitrogens with one attached hydrogen (secondary N) is 1. The molecule has 6 nitrogen and oxygen atoms in total. The van der Waals surface area contributed by atoms with E-state index >= 15 is 0 Å². The second-order valence-electron chi connectivity index (χ2n) is 5.62. The van der Waals surface area contributed by atoms with Crippen LogP contribution in [0.25, 0.3) is 11.7 Å². The Morgan fingerprint density at radius 1 is 1.27 bits per heavy atom. The molecule has 0 saturated heterocycles. The highest BCUT2D eigenvalue weighted by Gasteiger charge is 2.25. The molecule has 22 heavy (non-hydrogen) atoms. The third-order valence-electron chi connectivity index (χ3n) is 3.44. The maximum Gasteiger partial charge on any atom is 0.283 e. The highest BCUT2D eigenvalue weighted by atomic mass is 32.1. The monoisotopic (exact) mass is 318 g/mol. The smallest absolute Gasteiger partial charge is 0.283 e. The fourth-order valence-electron chi connectivity index (χ4n) is 1.94. The summed E-state index contributed by atoms with van der Waals surface area (Å²) in [6.45, 7) is 8.76. The molecule has 0 unspecified atom stereocenters. The van der Waals surface area contributed by atoms with Crippen LogP contribution in [0.2, 0.25) is 0 Å². The fourth-order valence-corrected chi connectivity index (χ4v) is 2.93. The third kappa shape index (κ3) is 2.95. The zero-order valence-electron chi connectivity index (χ0n) is 13.0. The number of hydrogen-bond donors (Lipinski definition) is 1. The van der Waals surface area contributed by atoms with Gasteiger partial charge in [-0.25, -0.2) is 4.98 Å². The van der Waals surface area contributed by atoms with Gasteiger partial charge >= 0.3 is 0 Å². The molecule has 0 radical (unpaired) electrons. The minimum absolute atomic E-state index is 0.261. The van der Waals surface area contributed by atoms with Crippen molar-refractivity contribution in [3.63, 3.8) is 0 Å². The molecule has 0 saturated carbocycles. The van der Waals surface area contributed by atoms with Crippen molar-refractivity contribution in [1.29, 1.82) is 0 Å². The maximum atomic E-state index is 5.59. The van der Waals surface area contributed by atoms with E-state index in [1.54, 1.807) is 29.7 Å². The van der Waals surface area contributed by atoms with Crippen LogP contribution in [0.4, 0.5) is 0 Å². The lowest BCUT2D eigenvalue weighted by Crippen LogP contribution is -2.36. The Morgan fingerprint density at radius 3 is 2.73 bits per heavy atom. The molecule has 1 N–H and O–H groups in total. The molecule has 3 aromatic rings. The summed E-state index contributed by atoms with van der Waals surface area (Å²) in [4.78, 5) is 5.85. The van der Waals surface area contributed by atoms with E-state index in [1.165, 1.54) is 4.88 Å². The van der Waals surface area contributed by atoms with Gasteiger partial charge in [0.2, 0.25) is 5.89 Å². The molecular formula is C15H18N4O2S. The highest BCUT2D eigenvalue weighted by Crippen LogP contribution is 2.27. The van der Waals surface area contributed by atoms with Crippen LogP contribution >= 0.6 is 11.3 Å². The van der Waals surface area contributed by atoms with Crippen LogP contribution in [0.3, 0.4) is 0 Å². The predicted molar refractivity (Wildman–Crippen MR) is 83.5 cm³/mol. The van der Waals surface area contributed by atoms with E-state index in [-0.39, 0.29) is 5.54 Å². The summed E-state index contributed by atoms with van der Waals surface area (Å²) in [6.07, 6.45) is 1.58. The van der Waals surface area contributed by atoms with Gasteiger partial charge in [0.25, 0.3) is 5.89 Å². The van der Waals surface area contributed by atoms with Crippen molar-refractivity contribution in [3.8, 4) is 11.7 Å². The summed E-state index contributed by atoms with van der Waals surface area (Å²) in [7, 11) is 0. The molecule has 3 rings (SSSR count). The molecule has 0 spiro atoms. The summed E-state index contributed by atoms with van der Waals surface area (Å²) in [5, 5.41) is 12.5. The number of rotatable bonds is 5. The molecule has 0 aromatic carbocycles. The Bertz CT molecular complexity index is 739. The zero-order valence-corrected chi connectivity index (χ0v) is 13.8. The lowest BCUT2D eigenvalue weighted by Gasteiger charge is -2.22. The van der Waals surface area contributed by atoms with Gasteiger partial charge in [-0.05, 0) is 39.8 Å². The van der Waals surface area contributed by atoms with Gasteiger partial charge in [0.15, 0.2) is 5.76 Å². The quantitative estimate of drug-likeness (QED) is 0.776. The Kier molecular flexibility index (Phi) is 3.84. The average Bonchev–Trinajstić information content (AvgIpc) is 3.18. The summed E-state index contributed by atoms with van der Waals surface area (Å²) in [5.74, 6) is 1.48. The minimum Gasteiger partial charge on any atom is -0.459 e. The maximum absolute atomic E-state index is 5.59. The standard InChI is InChI=1S/C15H18N4O2S/c1-9-10(2)22-14(17-9)15(3,4)16-8-12-18-19-13(21-12)11-6-5-7-20-11/h5-7,16H,8H2,1-4H3. The Balaban J connectivity index is 1.69. The molecule has 0 aliphatic carbocycles. The first-order chi connectivity index (χ1) is 10.5. The largest absolute Gasteiger partial charge is 0.459 e. The van der Waals surface area contributed by atoms with E-state index in [0.29, 0.717) is 24.1 Å². The van der Waals surface area contributed by atoms with E-state index < -0.39 is 0 Å². The second kappa shape index (κ2) is 5.66. The third-order valence-corrected chi connectivity index (χ3v) is 4.84. The zero-order chi connectivity index (χ0) is 15.7. The number of thiazole rings is 1. The summed E-state index contributed by atoms with van der Waals surface area (Å²) in [5.41, 5.74) is 0.816. The Morgan fingerprint density at radius 2 is 2.09 bits per heavy atom. The van der Waals surface area contributed by atoms with Crippen molar-refractivity contribution < 1.29 is 8.83 Å². The number of aryl methyl sites for hydroxylation is 2. The molecular weight excluding hydrogens is 300 g/mol. The van der Waals surface area contributed by atoms with Gasteiger partial charge in [0, 0.05) is 4.88 Å². The molecule has 3 heterocycles. The van der Waals surface area contributed by atoms with E-state index in [1.807, 2.05) is 6.92 Å². The highest BCUT2D eigenvalue weighted by molar-refractivity contribution is 7.11. The van der Waals surface area contributed by atoms with Crippen LogP contribution in [-0.4, -0.2) is 15.2 Å². The number of aromatic nitrogens is 3. The van der Waals surface area contributed by atoms with E-state index in [9.17, 15) is 0 Å². The van der Waals surface area contributed by atoms with Gasteiger partial charge in [0.05, 0.1) is 24.0 Å². The van der Waals surface area contributed by atoms with Crippen LogP contribution in [0.15, 0.2) is 27.2 Å². The minimum atomic E-state index is -0.261. The van der Waals surface area contributed by atoms with Gasteiger partial charge in [-0.3, -0.25) is 5.32 Å². The molecule has 0 aliphatic heterocycles. The topological polar surface area (TPSA) is 77.0 Å². The van der Waals surface area contributed by atoms with Crippen LogP contribution in [-0.2, 0) is 12.1 Å². The first kappa shape index (κ1) is 14.9. The summed E-state index contributed by atoms with van der Waals surface area (Å²) >= 11 is 1.70. The first-order valence-electron chi connectivity index (χ1n) is 7.01. The molecule has 0 bridgehead atoms. The van der Waals surface area contributed by atoms with Crippen molar-refractivity contribution in [2.24, 2.45) is 0 Å². The van der Waals surface area contributed by atoms with Gasteiger partial charge in [-0.2, -0.15) is 0 Å². The lowest BCUT2D eigenvalue weighted by atomic mass is 10.1. The van der Waals surface area contributed by atoms with Gasteiger partial charge < -0.3 is 8.83 Å². The van der Waals surface area contributed by atoms with Gasteiger partial charge in [-0.1, -0.05) is 0 Å². The second-order valence-corrected chi connectivity index (χ2v) is 6.82. The fraction of sp³-hybridized carbons (Fsp3) is 0.400. The van der Waals surface area contributed by atoms with Crippen molar-refractivity contribution in [2.45, 2.75) is 39.8 Å². The van der Waals surface area contributed by atoms with Crippen LogP contribution in [0.5, 0.6) is 0 Å². The average molecular weight is 318 g/mol. The lowest BCUT2D eigenvalue weighted by molar-refractivity contribution is 0.363. The molecule has 0 fully saturated rings. The van der Waals surface area contributed by atoms with Crippen molar-refractivity contribution >= 4 is 11.3 Å². The molecule has 0 atom stereocenters. The Labute approximate surface area is 132 Å². The van der Waals surface area contributed by atoms with Crippen molar-refractivity contribution in [1.82, 2.24) is 20.5 Å². The van der Waals surface area contributed by atoms with Crippen molar-refractivity contribution in [3.05, 3.63) is 39.9 Å². The van der Waals surface area contributed by atoms with Gasteiger partial charge in [-0.15, -0.1) is 21.5 Å². The summed E-state index contributed by atoms with van der Waals surface area (Å²) < 4.78 is 10.8. The van der Waals surface area contributed by atoms with E-state index in [2.05, 4.69) is 41.3 Å². The normalized spacial score (nSPS) is 12.0. The van der Waals surface area contributed by atoms with E-state index in [0.717, 1.165) is 10.7 Å². The van der Waals surface area contributed by atoms with Crippen molar-refractivity contribution in [2.75, 3.05) is 0 Å². The molecule has 7 heteroatoms. The predicted octanol–water partition coefficient (Wildman–Crippen LogP) is 3.43. The molecule has 0 amide bonds. The number of hydrogen-bond acceptors (Lipinski definition) is 7. The SMILES string of the molecule is Cc1nc(C(C)(C)NCc2nnc(-c3ccco3)o2)sc1C. The molecule has 116 valence electrons. The van der Waals surface area contributed by atoms with E-state index in [4.69, 9.17) is 8.83 Å². The first-order valence-corrected chi connectivity index (χ1v) is 7.83. The molecule has 3 aromatic heterocycles. The number of nitrogens with zero attached hydrogens (tertiary/aromatic N) is 3.